The van der Waals surface area contributed by atoms with Crippen LogP contribution in [0.2, 0.25) is 0 Å². The van der Waals surface area contributed by atoms with E-state index in [0.717, 1.165) is 12.1 Å². The predicted octanol–water partition coefficient (Wildman–Crippen LogP) is 2.64. The zero-order valence-electron chi connectivity index (χ0n) is 11.1. The minimum absolute atomic E-state index is 0.0787. The number of rotatable bonds is 3. The molecule has 1 saturated heterocycles. The normalized spacial score (nSPS) is 18.8. The summed E-state index contributed by atoms with van der Waals surface area (Å²) >= 11 is 0. The van der Waals surface area contributed by atoms with E-state index in [9.17, 15) is 22.8 Å². The summed E-state index contributed by atoms with van der Waals surface area (Å²) in [6.07, 6.45) is -4.18. The van der Waals surface area contributed by atoms with Crippen LogP contribution in [-0.4, -0.2) is 35.0 Å². The van der Waals surface area contributed by atoms with Crippen LogP contribution in [0.5, 0.6) is 0 Å². The van der Waals surface area contributed by atoms with Crippen molar-refractivity contribution in [1.82, 2.24) is 4.90 Å². The van der Waals surface area contributed by atoms with Gasteiger partial charge in [0.15, 0.2) is 0 Å². The Labute approximate surface area is 119 Å². The maximum absolute atomic E-state index is 12.9. The third-order valence-electron chi connectivity index (χ3n) is 3.50. The van der Waals surface area contributed by atoms with Crippen LogP contribution in [-0.2, 0) is 11.0 Å². The Morgan fingerprint density at radius 3 is 2.57 bits per heavy atom. The van der Waals surface area contributed by atoms with Crippen LogP contribution in [0, 0.1) is 5.92 Å². The lowest BCUT2D eigenvalue weighted by molar-refractivity contribution is -0.138. The summed E-state index contributed by atoms with van der Waals surface area (Å²) in [5.41, 5.74) is -1.35. The van der Waals surface area contributed by atoms with Crippen molar-refractivity contribution in [3.05, 3.63) is 35.4 Å². The molecule has 0 aliphatic carbocycles. The van der Waals surface area contributed by atoms with Gasteiger partial charge in [0.05, 0.1) is 11.1 Å². The molecule has 1 unspecified atom stereocenters. The van der Waals surface area contributed by atoms with Gasteiger partial charge in [-0.15, -0.1) is 0 Å². The summed E-state index contributed by atoms with van der Waals surface area (Å²) in [6.45, 7) is 0.459. The molecule has 7 heteroatoms. The van der Waals surface area contributed by atoms with Gasteiger partial charge in [-0.25, -0.2) is 0 Å². The lowest BCUT2D eigenvalue weighted by Crippen LogP contribution is -2.30. The second kappa shape index (κ2) is 5.75. The Bertz CT molecular complexity index is 557. The lowest BCUT2D eigenvalue weighted by atomic mass is 10.0. The van der Waals surface area contributed by atoms with E-state index in [1.54, 1.807) is 0 Å². The molecule has 1 amide bonds. The number of alkyl halides is 3. The zero-order valence-corrected chi connectivity index (χ0v) is 11.1. The highest BCUT2D eigenvalue weighted by molar-refractivity contribution is 5.96. The molecular weight excluding hydrogens is 287 g/mol. The molecule has 0 spiro atoms. The Morgan fingerprint density at radius 2 is 1.95 bits per heavy atom. The molecule has 1 aliphatic rings. The van der Waals surface area contributed by atoms with Gasteiger partial charge in [-0.3, -0.25) is 9.59 Å². The predicted molar refractivity (Wildman–Crippen MR) is 67.7 cm³/mol. The van der Waals surface area contributed by atoms with Crippen molar-refractivity contribution in [2.45, 2.75) is 19.0 Å². The van der Waals surface area contributed by atoms with Crippen LogP contribution in [0.15, 0.2) is 24.3 Å². The van der Waals surface area contributed by atoms with Crippen molar-refractivity contribution in [2.75, 3.05) is 13.1 Å². The van der Waals surface area contributed by atoms with Crippen molar-refractivity contribution >= 4 is 11.9 Å². The molecule has 2 rings (SSSR count). The van der Waals surface area contributed by atoms with E-state index in [0.29, 0.717) is 6.42 Å². The van der Waals surface area contributed by atoms with E-state index < -0.39 is 23.6 Å². The first-order valence-electron chi connectivity index (χ1n) is 6.46. The number of halogens is 3. The Kier molecular flexibility index (Phi) is 4.20. The second-order valence-corrected chi connectivity index (χ2v) is 5.05. The summed E-state index contributed by atoms with van der Waals surface area (Å²) < 4.78 is 38.7. The summed E-state index contributed by atoms with van der Waals surface area (Å²) in [7, 11) is 0. The van der Waals surface area contributed by atoms with Crippen molar-refractivity contribution in [3.63, 3.8) is 0 Å². The maximum Gasteiger partial charge on any atom is 0.417 e. The third kappa shape index (κ3) is 3.53. The van der Waals surface area contributed by atoms with Gasteiger partial charge in [0.25, 0.3) is 5.91 Å². The van der Waals surface area contributed by atoms with Gasteiger partial charge in [-0.05, 0) is 24.5 Å². The van der Waals surface area contributed by atoms with Crippen molar-refractivity contribution in [3.8, 4) is 0 Å². The summed E-state index contributed by atoms with van der Waals surface area (Å²) in [6, 6.07) is 4.64. The first-order valence-corrected chi connectivity index (χ1v) is 6.46. The number of hydrogen-bond acceptors (Lipinski definition) is 2. The SMILES string of the molecule is O=C(O)CC1CCN(C(=O)c2ccccc2C(F)(F)F)C1. The van der Waals surface area contributed by atoms with E-state index in [4.69, 9.17) is 5.11 Å². The van der Waals surface area contributed by atoms with Crippen LogP contribution < -0.4 is 0 Å². The lowest BCUT2D eigenvalue weighted by Gasteiger charge is -2.19. The number of carboxylic acids is 1. The summed E-state index contributed by atoms with van der Waals surface area (Å²) in [4.78, 5) is 24.1. The molecule has 1 fully saturated rings. The molecule has 0 bridgehead atoms. The van der Waals surface area contributed by atoms with E-state index in [2.05, 4.69) is 0 Å². The molecule has 1 aliphatic heterocycles. The fourth-order valence-electron chi connectivity index (χ4n) is 2.52. The van der Waals surface area contributed by atoms with Gasteiger partial charge in [0, 0.05) is 19.5 Å². The Morgan fingerprint density at radius 1 is 1.29 bits per heavy atom. The second-order valence-electron chi connectivity index (χ2n) is 5.05. The van der Waals surface area contributed by atoms with Gasteiger partial charge < -0.3 is 10.0 Å². The molecule has 1 atom stereocenters. The monoisotopic (exact) mass is 301 g/mol. The molecule has 1 aromatic carbocycles. The van der Waals surface area contributed by atoms with Crippen LogP contribution in [0.4, 0.5) is 13.2 Å². The average molecular weight is 301 g/mol. The van der Waals surface area contributed by atoms with Crippen molar-refractivity contribution in [2.24, 2.45) is 5.92 Å². The van der Waals surface area contributed by atoms with Gasteiger partial charge in [0.1, 0.15) is 0 Å². The van der Waals surface area contributed by atoms with E-state index in [1.807, 2.05) is 0 Å². The number of likely N-dealkylation sites (tertiary alicyclic amines) is 1. The van der Waals surface area contributed by atoms with Crippen molar-refractivity contribution < 1.29 is 27.9 Å². The number of nitrogens with zero attached hydrogens (tertiary/aromatic N) is 1. The third-order valence-corrected chi connectivity index (χ3v) is 3.50. The maximum atomic E-state index is 12.9. The molecule has 0 radical (unpaired) electrons. The molecule has 0 aromatic heterocycles. The average Bonchev–Trinajstić information content (AvgIpc) is 2.84. The number of aliphatic carboxylic acids is 1. The molecule has 1 aromatic rings. The Balaban J connectivity index is 2.17. The molecule has 1 heterocycles. The number of benzene rings is 1. The van der Waals surface area contributed by atoms with E-state index in [-0.39, 0.29) is 31.0 Å². The van der Waals surface area contributed by atoms with Gasteiger partial charge >= 0.3 is 12.1 Å². The highest BCUT2D eigenvalue weighted by Gasteiger charge is 2.37. The summed E-state index contributed by atoms with van der Waals surface area (Å²) in [5, 5.41) is 8.71. The minimum Gasteiger partial charge on any atom is -0.481 e. The highest BCUT2D eigenvalue weighted by atomic mass is 19.4. The molecule has 4 nitrogen and oxygen atoms in total. The molecule has 114 valence electrons. The first kappa shape index (κ1) is 15.3. The minimum atomic E-state index is -4.59. The van der Waals surface area contributed by atoms with Gasteiger partial charge in [-0.2, -0.15) is 13.2 Å². The number of hydrogen-bond donors (Lipinski definition) is 1. The highest BCUT2D eigenvalue weighted by Crippen LogP contribution is 2.33. The van der Waals surface area contributed by atoms with Crippen molar-refractivity contribution in [1.29, 1.82) is 0 Å². The molecule has 1 N–H and O–H groups in total. The topological polar surface area (TPSA) is 57.6 Å². The zero-order chi connectivity index (χ0) is 15.6. The largest absolute Gasteiger partial charge is 0.481 e. The molecular formula is C14H14F3NO3. The van der Waals surface area contributed by atoms with E-state index >= 15 is 0 Å². The van der Waals surface area contributed by atoms with Gasteiger partial charge in [-0.1, -0.05) is 12.1 Å². The number of amides is 1. The fraction of sp³-hybridized carbons (Fsp3) is 0.429. The Hall–Kier alpha value is -2.05. The molecule has 0 saturated carbocycles. The fourth-order valence-corrected chi connectivity index (χ4v) is 2.52. The standard InChI is InChI=1S/C14H14F3NO3/c15-14(16,17)11-4-2-1-3-10(11)13(21)18-6-5-9(8-18)7-12(19)20/h1-4,9H,5-8H2,(H,19,20). The van der Waals surface area contributed by atoms with Crippen LogP contribution >= 0.6 is 0 Å². The van der Waals surface area contributed by atoms with Gasteiger partial charge in [0.2, 0.25) is 0 Å². The first-order chi connectivity index (χ1) is 9.79. The quantitative estimate of drug-likeness (QED) is 0.933. The number of carbonyl (C=O) groups excluding carboxylic acids is 1. The van der Waals surface area contributed by atoms with Crippen LogP contribution in [0.25, 0.3) is 0 Å². The molecule has 21 heavy (non-hydrogen) atoms. The number of carboxylic acid groups (broad SMARTS) is 1. The summed E-state index contributed by atoms with van der Waals surface area (Å²) in [5.74, 6) is -1.87. The van der Waals surface area contributed by atoms with E-state index in [1.165, 1.54) is 17.0 Å². The van der Waals surface area contributed by atoms with Crippen LogP contribution in [0.3, 0.4) is 0 Å². The van der Waals surface area contributed by atoms with Crippen LogP contribution in [0.1, 0.15) is 28.8 Å². The smallest absolute Gasteiger partial charge is 0.417 e. The number of carbonyl (C=O) groups is 2.